The molecule has 1 amide bonds. The van der Waals surface area contributed by atoms with E-state index in [1.165, 1.54) is 12.1 Å². The second kappa shape index (κ2) is 9.39. The number of amides is 1. The van der Waals surface area contributed by atoms with Crippen LogP contribution >= 0.6 is 23.2 Å². The Balaban J connectivity index is 1.45. The molecule has 0 radical (unpaired) electrons. The number of benzene rings is 1. The van der Waals surface area contributed by atoms with Crippen LogP contribution in [0, 0.1) is 5.82 Å². The van der Waals surface area contributed by atoms with E-state index >= 15 is 0 Å². The zero-order valence-corrected chi connectivity index (χ0v) is 20.3. The molecule has 0 bridgehead atoms. The third-order valence-electron chi connectivity index (χ3n) is 6.32. The van der Waals surface area contributed by atoms with Gasteiger partial charge in [-0.05, 0) is 31.9 Å². The molecular formula is C24H22Cl2FN5O3. The molecule has 1 aliphatic rings. The van der Waals surface area contributed by atoms with E-state index in [9.17, 15) is 9.18 Å². The molecule has 0 unspecified atom stereocenters. The average molecular weight is 518 g/mol. The first-order chi connectivity index (χ1) is 16.9. The van der Waals surface area contributed by atoms with Gasteiger partial charge in [-0.2, -0.15) is 5.10 Å². The maximum absolute atomic E-state index is 14.0. The van der Waals surface area contributed by atoms with E-state index in [0.29, 0.717) is 29.6 Å². The smallest absolute Gasteiger partial charge is 0.209 e. The van der Waals surface area contributed by atoms with Gasteiger partial charge in [-0.3, -0.25) is 9.48 Å². The van der Waals surface area contributed by atoms with Gasteiger partial charge in [0.2, 0.25) is 12.2 Å². The van der Waals surface area contributed by atoms with Crippen molar-refractivity contribution in [3.63, 3.8) is 0 Å². The Morgan fingerprint density at radius 1 is 1.29 bits per heavy atom. The third-order valence-corrected chi connectivity index (χ3v) is 7.03. The van der Waals surface area contributed by atoms with E-state index in [1.54, 1.807) is 30.5 Å². The van der Waals surface area contributed by atoms with Crippen molar-refractivity contribution in [2.75, 3.05) is 18.8 Å². The number of nitrogens with zero attached hydrogens (tertiary/aromatic N) is 4. The van der Waals surface area contributed by atoms with Crippen LogP contribution in [0.4, 0.5) is 10.2 Å². The third kappa shape index (κ3) is 4.30. The molecule has 182 valence electrons. The van der Waals surface area contributed by atoms with Crippen LogP contribution in [-0.4, -0.2) is 39.2 Å². The zero-order valence-electron chi connectivity index (χ0n) is 18.7. The second-order valence-corrected chi connectivity index (χ2v) is 9.25. The molecule has 2 N–H and O–H groups in total. The van der Waals surface area contributed by atoms with Gasteiger partial charge in [0.15, 0.2) is 11.4 Å². The van der Waals surface area contributed by atoms with Crippen molar-refractivity contribution < 1.29 is 18.3 Å². The molecule has 0 spiro atoms. The number of carbonyl (C=O) groups excluding carboxylic acids is 1. The minimum absolute atomic E-state index is 0.116. The van der Waals surface area contributed by atoms with E-state index in [0.717, 1.165) is 30.4 Å². The summed E-state index contributed by atoms with van der Waals surface area (Å²) < 4.78 is 27.9. The molecular weight excluding hydrogens is 496 g/mol. The van der Waals surface area contributed by atoms with Crippen molar-refractivity contribution in [2.45, 2.75) is 31.9 Å². The number of likely N-dealkylation sites (tertiary alicyclic amines) is 1. The maximum Gasteiger partial charge on any atom is 0.209 e. The minimum Gasteiger partial charge on any atom is -0.478 e. The van der Waals surface area contributed by atoms with Gasteiger partial charge in [0, 0.05) is 47.2 Å². The van der Waals surface area contributed by atoms with Crippen molar-refractivity contribution in [2.24, 2.45) is 0 Å². The lowest BCUT2D eigenvalue weighted by Gasteiger charge is -2.29. The molecule has 1 aromatic carbocycles. The van der Waals surface area contributed by atoms with E-state index in [1.807, 2.05) is 10.9 Å². The second-order valence-electron chi connectivity index (χ2n) is 8.46. The molecule has 3 aromatic heterocycles. The minimum atomic E-state index is -0.728. The van der Waals surface area contributed by atoms with Gasteiger partial charge in [-0.15, -0.1) is 0 Å². The number of nitrogen functional groups attached to an aromatic ring is 1. The highest BCUT2D eigenvalue weighted by molar-refractivity contribution is 6.36. The average Bonchev–Trinajstić information content (AvgIpc) is 3.51. The van der Waals surface area contributed by atoms with Crippen molar-refractivity contribution in [3.05, 3.63) is 58.4 Å². The van der Waals surface area contributed by atoms with Crippen molar-refractivity contribution >= 4 is 46.4 Å². The number of anilines is 1. The number of pyridine rings is 1. The monoisotopic (exact) mass is 517 g/mol. The molecule has 0 aliphatic carbocycles. The number of piperidine rings is 1. The molecule has 4 aromatic rings. The number of aromatic nitrogens is 3. The standard InChI is InChI=1S/C24H22Cl2FN5O3/c1-13(20-18(25)2-3-19(27)21(20)26)35-23-22-16(9-29-24(23)28)17(11-34-22)14-8-30-32(10-14)15-4-6-31(12-33)7-5-15/h2-3,8-13,15H,4-7H2,1H3,(H2,28,29)/t13-/m1/s1. The highest BCUT2D eigenvalue weighted by atomic mass is 35.5. The van der Waals surface area contributed by atoms with Gasteiger partial charge in [0.1, 0.15) is 18.2 Å². The number of nitrogens with two attached hydrogens (primary N) is 1. The van der Waals surface area contributed by atoms with Crippen LogP contribution in [-0.2, 0) is 4.79 Å². The van der Waals surface area contributed by atoms with E-state index < -0.39 is 11.9 Å². The first kappa shape index (κ1) is 23.4. The molecule has 35 heavy (non-hydrogen) atoms. The van der Waals surface area contributed by atoms with Crippen LogP contribution in [0.25, 0.3) is 22.1 Å². The van der Waals surface area contributed by atoms with Gasteiger partial charge < -0.3 is 19.8 Å². The van der Waals surface area contributed by atoms with Crippen LogP contribution in [0.2, 0.25) is 10.0 Å². The number of carbonyl (C=O) groups is 1. The summed E-state index contributed by atoms with van der Waals surface area (Å²) in [5.74, 6) is -0.266. The highest BCUT2D eigenvalue weighted by Gasteiger charge is 2.24. The molecule has 1 saturated heterocycles. The first-order valence-electron chi connectivity index (χ1n) is 11.1. The van der Waals surface area contributed by atoms with Crippen LogP contribution < -0.4 is 10.5 Å². The first-order valence-corrected chi connectivity index (χ1v) is 11.8. The zero-order chi connectivity index (χ0) is 24.7. The summed E-state index contributed by atoms with van der Waals surface area (Å²) in [6.07, 6.45) is 8.77. The molecule has 11 heteroatoms. The number of fused-ring (bicyclic) bond motifs is 1. The predicted molar refractivity (Wildman–Crippen MR) is 131 cm³/mol. The number of furan rings is 1. The quantitative estimate of drug-likeness (QED) is 0.262. The Bertz CT molecular complexity index is 1400. The van der Waals surface area contributed by atoms with Crippen molar-refractivity contribution in [3.8, 4) is 16.9 Å². The summed E-state index contributed by atoms with van der Waals surface area (Å²) in [6.45, 7) is 3.10. The summed E-state index contributed by atoms with van der Waals surface area (Å²) in [6, 6.07) is 2.83. The Kier molecular flexibility index (Phi) is 6.29. The number of ether oxygens (including phenoxy) is 1. The lowest BCUT2D eigenvalue weighted by atomic mass is 10.1. The molecule has 0 saturated carbocycles. The fourth-order valence-corrected chi connectivity index (χ4v) is 5.08. The lowest BCUT2D eigenvalue weighted by molar-refractivity contribution is -0.119. The van der Waals surface area contributed by atoms with Crippen LogP contribution in [0.1, 0.15) is 37.5 Å². The molecule has 8 nitrogen and oxygen atoms in total. The van der Waals surface area contributed by atoms with Gasteiger partial charge in [-0.1, -0.05) is 23.2 Å². The molecule has 5 rings (SSSR count). The van der Waals surface area contributed by atoms with Gasteiger partial charge >= 0.3 is 0 Å². The summed E-state index contributed by atoms with van der Waals surface area (Å²) in [5.41, 5.74) is 8.44. The summed E-state index contributed by atoms with van der Waals surface area (Å²) >= 11 is 12.4. The Labute approximate surface area is 210 Å². The molecule has 4 heterocycles. The van der Waals surface area contributed by atoms with Crippen LogP contribution in [0.15, 0.2) is 41.4 Å². The molecule has 1 atom stereocenters. The number of hydrogen-bond acceptors (Lipinski definition) is 6. The highest BCUT2D eigenvalue weighted by Crippen LogP contribution is 2.41. The lowest BCUT2D eigenvalue weighted by Crippen LogP contribution is -2.33. The summed E-state index contributed by atoms with van der Waals surface area (Å²) in [5, 5.41) is 5.38. The van der Waals surface area contributed by atoms with E-state index in [4.69, 9.17) is 38.1 Å². The van der Waals surface area contributed by atoms with Gasteiger partial charge in [0.05, 0.1) is 22.6 Å². The number of halogens is 3. The SMILES string of the molecule is C[C@@H](Oc1c(N)ncc2c(-c3cnn(C4CCN(C=O)CC4)c3)coc12)c1c(Cl)ccc(F)c1Cl. The Hall–Kier alpha value is -3.30. The maximum atomic E-state index is 14.0. The van der Waals surface area contributed by atoms with Crippen molar-refractivity contribution in [1.29, 1.82) is 0 Å². The summed E-state index contributed by atoms with van der Waals surface area (Å²) in [4.78, 5) is 17.0. The molecule has 1 aliphatic heterocycles. The Morgan fingerprint density at radius 3 is 2.80 bits per heavy atom. The molecule has 1 fully saturated rings. The van der Waals surface area contributed by atoms with Gasteiger partial charge in [-0.25, -0.2) is 9.37 Å². The Morgan fingerprint density at radius 2 is 2.06 bits per heavy atom. The van der Waals surface area contributed by atoms with Crippen molar-refractivity contribution in [1.82, 2.24) is 19.7 Å². The van der Waals surface area contributed by atoms with E-state index in [2.05, 4.69) is 10.1 Å². The topological polar surface area (TPSA) is 99.4 Å². The fraction of sp³-hybridized carbons (Fsp3) is 0.292. The van der Waals surface area contributed by atoms with Crippen LogP contribution in [0.3, 0.4) is 0 Å². The van der Waals surface area contributed by atoms with E-state index in [-0.39, 0.29) is 27.7 Å². The number of rotatable bonds is 6. The summed E-state index contributed by atoms with van der Waals surface area (Å²) in [7, 11) is 0. The van der Waals surface area contributed by atoms with Gasteiger partial charge in [0.25, 0.3) is 0 Å². The largest absolute Gasteiger partial charge is 0.478 e. The predicted octanol–water partition coefficient (Wildman–Crippen LogP) is 5.65. The normalized spacial score (nSPS) is 15.5. The number of hydrogen-bond donors (Lipinski definition) is 1. The fourth-order valence-electron chi connectivity index (χ4n) is 4.40. The van der Waals surface area contributed by atoms with Crippen LogP contribution in [0.5, 0.6) is 5.75 Å².